The van der Waals surface area contributed by atoms with Crippen molar-refractivity contribution in [1.82, 2.24) is 14.5 Å². The van der Waals surface area contributed by atoms with Gasteiger partial charge in [0.25, 0.3) is 0 Å². The molecule has 37 heavy (non-hydrogen) atoms. The fourth-order valence-electron chi connectivity index (χ4n) is 3.64. The van der Waals surface area contributed by atoms with Crippen LogP contribution in [0, 0.1) is 13.8 Å². The van der Waals surface area contributed by atoms with Gasteiger partial charge in [-0.15, -0.1) is 0 Å². The topological polar surface area (TPSA) is 90.0 Å². The molecule has 11 heteroatoms. The van der Waals surface area contributed by atoms with Gasteiger partial charge in [0.05, 0.1) is 15.7 Å². The number of benzene rings is 2. The number of nitrogens with one attached hydrogen (secondary N) is 1. The molecule has 0 aliphatic heterocycles. The standard InChI is InChI=1S/C26H36Cl2N4O4S/c1-7-8-13-29-26(34)20(4)31(16-21-11-12-22(27)23(28)15-21)25(33)17-32(37(35,36)30(5)6)24-14-18(2)9-10-19(24)3/h9-12,14-15,20H,7-8,13,16-17H2,1-6H3,(H,29,34). The molecule has 2 rings (SSSR count). The molecule has 0 aliphatic carbocycles. The Bertz CT molecular complexity index is 1220. The summed E-state index contributed by atoms with van der Waals surface area (Å²) in [6.07, 6.45) is 1.72. The summed E-state index contributed by atoms with van der Waals surface area (Å²) in [4.78, 5) is 28.1. The lowest BCUT2D eigenvalue weighted by atomic mass is 10.1. The highest BCUT2D eigenvalue weighted by molar-refractivity contribution is 7.90. The molecule has 1 N–H and O–H groups in total. The van der Waals surface area contributed by atoms with Crippen LogP contribution in [0.3, 0.4) is 0 Å². The van der Waals surface area contributed by atoms with Crippen LogP contribution in [0.2, 0.25) is 10.0 Å². The summed E-state index contributed by atoms with van der Waals surface area (Å²) in [6, 6.07) is 9.52. The van der Waals surface area contributed by atoms with Gasteiger partial charge < -0.3 is 10.2 Å². The van der Waals surface area contributed by atoms with Crippen molar-refractivity contribution >= 4 is 50.9 Å². The third-order valence-electron chi connectivity index (χ3n) is 5.99. The summed E-state index contributed by atoms with van der Waals surface area (Å²) in [7, 11) is -1.20. The molecule has 0 aromatic heterocycles. The Balaban J connectivity index is 2.49. The number of hydrogen-bond donors (Lipinski definition) is 1. The number of amides is 2. The fourth-order valence-corrected chi connectivity index (χ4v) is 5.08. The van der Waals surface area contributed by atoms with E-state index in [1.807, 2.05) is 26.0 Å². The minimum Gasteiger partial charge on any atom is -0.354 e. The molecule has 0 radical (unpaired) electrons. The summed E-state index contributed by atoms with van der Waals surface area (Å²) >= 11 is 12.2. The van der Waals surface area contributed by atoms with E-state index in [4.69, 9.17) is 23.2 Å². The first-order valence-electron chi connectivity index (χ1n) is 12.1. The predicted octanol–water partition coefficient (Wildman–Crippen LogP) is 4.56. The van der Waals surface area contributed by atoms with Crippen LogP contribution in [0.1, 0.15) is 43.4 Å². The summed E-state index contributed by atoms with van der Waals surface area (Å²) in [6.45, 7) is 7.32. The first kappa shape index (κ1) is 30.9. The number of unbranched alkanes of at least 4 members (excludes halogenated alkanes) is 1. The van der Waals surface area contributed by atoms with Gasteiger partial charge in [0.2, 0.25) is 11.8 Å². The number of carbonyl (C=O) groups is 2. The molecule has 0 saturated heterocycles. The van der Waals surface area contributed by atoms with Crippen molar-refractivity contribution in [1.29, 1.82) is 0 Å². The minimum absolute atomic E-state index is 0.0424. The van der Waals surface area contributed by atoms with E-state index in [0.29, 0.717) is 33.4 Å². The molecule has 2 aromatic carbocycles. The van der Waals surface area contributed by atoms with Crippen molar-refractivity contribution in [3.8, 4) is 0 Å². The van der Waals surface area contributed by atoms with Crippen LogP contribution in [0.5, 0.6) is 0 Å². The average Bonchev–Trinajstić information content (AvgIpc) is 2.84. The molecule has 0 heterocycles. The smallest absolute Gasteiger partial charge is 0.304 e. The normalized spacial score (nSPS) is 12.4. The Kier molecular flexibility index (Phi) is 11.2. The average molecular weight is 572 g/mol. The molecule has 2 amide bonds. The Morgan fingerprint density at radius 1 is 1.03 bits per heavy atom. The first-order chi connectivity index (χ1) is 17.3. The molecule has 0 bridgehead atoms. The highest BCUT2D eigenvalue weighted by Crippen LogP contribution is 2.27. The fraction of sp³-hybridized carbons (Fsp3) is 0.462. The van der Waals surface area contributed by atoms with Gasteiger partial charge in [-0.3, -0.25) is 9.59 Å². The zero-order valence-corrected chi connectivity index (χ0v) is 24.5. The Labute approximate surface area is 230 Å². The van der Waals surface area contributed by atoms with Gasteiger partial charge in [0, 0.05) is 27.2 Å². The van der Waals surface area contributed by atoms with Gasteiger partial charge in [0.1, 0.15) is 12.6 Å². The molecular weight excluding hydrogens is 535 g/mol. The van der Waals surface area contributed by atoms with Crippen molar-refractivity contribution in [2.45, 2.75) is 53.1 Å². The lowest BCUT2D eigenvalue weighted by Gasteiger charge is -2.33. The predicted molar refractivity (Wildman–Crippen MR) is 150 cm³/mol. The molecule has 2 aromatic rings. The molecule has 0 fully saturated rings. The number of hydrogen-bond acceptors (Lipinski definition) is 4. The van der Waals surface area contributed by atoms with E-state index in [1.54, 1.807) is 38.1 Å². The minimum atomic E-state index is -4.03. The van der Waals surface area contributed by atoms with Crippen molar-refractivity contribution in [3.05, 3.63) is 63.1 Å². The van der Waals surface area contributed by atoms with Crippen molar-refractivity contribution in [2.24, 2.45) is 0 Å². The monoisotopic (exact) mass is 570 g/mol. The van der Waals surface area contributed by atoms with Gasteiger partial charge in [-0.25, -0.2) is 4.31 Å². The zero-order valence-electron chi connectivity index (χ0n) is 22.2. The van der Waals surface area contributed by atoms with Crippen molar-refractivity contribution in [3.63, 3.8) is 0 Å². The maximum Gasteiger partial charge on any atom is 0.304 e. The molecule has 0 spiro atoms. The maximum atomic E-state index is 13.8. The Morgan fingerprint density at radius 2 is 1.70 bits per heavy atom. The largest absolute Gasteiger partial charge is 0.354 e. The van der Waals surface area contributed by atoms with Gasteiger partial charge in [-0.2, -0.15) is 12.7 Å². The van der Waals surface area contributed by atoms with E-state index in [9.17, 15) is 18.0 Å². The van der Waals surface area contributed by atoms with E-state index in [1.165, 1.54) is 19.0 Å². The van der Waals surface area contributed by atoms with Crippen LogP contribution >= 0.6 is 23.2 Å². The molecule has 0 aliphatic rings. The van der Waals surface area contributed by atoms with Gasteiger partial charge in [0.15, 0.2) is 0 Å². The van der Waals surface area contributed by atoms with E-state index < -0.39 is 28.7 Å². The summed E-state index contributed by atoms with van der Waals surface area (Å²) < 4.78 is 28.8. The molecular formula is C26H36Cl2N4O4S. The van der Waals surface area contributed by atoms with Crippen LogP contribution in [0.25, 0.3) is 0 Å². The molecule has 204 valence electrons. The second kappa shape index (κ2) is 13.5. The van der Waals surface area contributed by atoms with Crippen LogP contribution in [0.15, 0.2) is 36.4 Å². The number of rotatable bonds is 12. The lowest BCUT2D eigenvalue weighted by Crippen LogP contribution is -2.52. The number of anilines is 1. The summed E-state index contributed by atoms with van der Waals surface area (Å²) in [5.74, 6) is -0.855. The third-order valence-corrected chi connectivity index (χ3v) is 8.53. The third kappa shape index (κ3) is 8.07. The van der Waals surface area contributed by atoms with Crippen LogP contribution in [-0.4, -0.2) is 62.7 Å². The van der Waals surface area contributed by atoms with E-state index in [0.717, 1.165) is 27.0 Å². The van der Waals surface area contributed by atoms with Gasteiger partial charge >= 0.3 is 10.2 Å². The second-order valence-corrected chi connectivity index (χ2v) is 12.1. The van der Waals surface area contributed by atoms with Crippen molar-refractivity contribution < 1.29 is 18.0 Å². The van der Waals surface area contributed by atoms with E-state index in [-0.39, 0.29) is 12.5 Å². The Morgan fingerprint density at radius 3 is 2.30 bits per heavy atom. The second-order valence-electron chi connectivity index (χ2n) is 9.18. The molecule has 0 saturated carbocycles. The maximum absolute atomic E-state index is 13.8. The van der Waals surface area contributed by atoms with E-state index in [2.05, 4.69) is 5.32 Å². The number of aryl methyl sites for hydroxylation is 2. The highest BCUT2D eigenvalue weighted by Gasteiger charge is 2.33. The number of nitrogens with zero attached hydrogens (tertiary/aromatic N) is 3. The summed E-state index contributed by atoms with van der Waals surface area (Å²) in [5.41, 5.74) is 2.61. The van der Waals surface area contributed by atoms with Crippen LogP contribution < -0.4 is 9.62 Å². The molecule has 8 nitrogen and oxygen atoms in total. The molecule has 1 atom stereocenters. The first-order valence-corrected chi connectivity index (χ1v) is 14.2. The SMILES string of the molecule is CCCCNC(=O)C(C)N(Cc1ccc(Cl)c(Cl)c1)C(=O)CN(c1cc(C)ccc1C)S(=O)(=O)N(C)C. The summed E-state index contributed by atoms with van der Waals surface area (Å²) in [5, 5.41) is 3.54. The van der Waals surface area contributed by atoms with Crippen molar-refractivity contribution in [2.75, 3.05) is 31.5 Å². The number of carbonyl (C=O) groups excluding carboxylic acids is 2. The van der Waals surface area contributed by atoms with Crippen LogP contribution in [0.4, 0.5) is 5.69 Å². The lowest BCUT2D eigenvalue weighted by molar-refractivity contribution is -0.139. The Hall–Kier alpha value is -2.33. The highest BCUT2D eigenvalue weighted by atomic mass is 35.5. The quantitative estimate of drug-likeness (QED) is 0.379. The van der Waals surface area contributed by atoms with Gasteiger partial charge in [-0.05, 0) is 62.1 Å². The zero-order chi connectivity index (χ0) is 27.9. The van der Waals surface area contributed by atoms with E-state index >= 15 is 0 Å². The van der Waals surface area contributed by atoms with Crippen LogP contribution in [-0.2, 0) is 26.3 Å². The number of halogens is 2. The van der Waals surface area contributed by atoms with Gasteiger partial charge in [-0.1, -0.05) is 54.7 Å². The molecule has 1 unspecified atom stereocenters.